The van der Waals surface area contributed by atoms with Crippen molar-refractivity contribution >= 4 is 39.5 Å². The molecule has 0 saturated carbocycles. The monoisotopic (exact) mass is 566 g/mol. The molecule has 4 aromatic rings. The Morgan fingerprint density at radius 1 is 0.515 bits per heavy atom. The van der Waals surface area contributed by atoms with Crippen LogP contribution in [0.25, 0.3) is 22.3 Å². The van der Waals surface area contributed by atoms with Gasteiger partial charge >= 0.3 is 7.69 Å². The summed E-state index contributed by atoms with van der Waals surface area (Å²) in [7, 11) is 3.36. The van der Waals surface area contributed by atoms with Gasteiger partial charge in [-0.15, -0.1) is 0 Å². The third kappa shape index (κ3) is 5.37. The van der Waals surface area contributed by atoms with Gasteiger partial charge < -0.3 is 18.8 Å². The van der Waals surface area contributed by atoms with Gasteiger partial charge in [-0.3, -0.25) is 0 Å². The second-order valence-corrected chi connectivity index (χ2v) is 8.92. The van der Waals surface area contributed by atoms with Crippen molar-refractivity contribution in [3.63, 3.8) is 0 Å². The van der Waals surface area contributed by atoms with Crippen LogP contribution < -0.4 is 18.8 Å². The summed E-state index contributed by atoms with van der Waals surface area (Å²) in [6.45, 7) is 0. The Balaban J connectivity index is 1.59. The molecule has 0 saturated heterocycles. The van der Waals surface area contributed by atoms with Gasteiger partial charge in [0.1, 0.15) is 23.0 Å². The van der Waals surface area contributed by atoms with E-state index < -0.39 is 0 Å². The molecule has 0 amide bonds. The minimum atomic E-state index is 0.0423. The van der Waals surface area contributed by atoms with E-state index in [-0.39, 0.29) is 7.69 Å². The van der Waals surface area contributed by atoms with Crippen LogP contribution in [0.15, 0.2) is 93.9 Å². The second kappa shape index (κ2) is 10.8. The standard InChI is InChI=1S/C26H21BBr2O4/c1-30-23-13-11-17(28)15-21(23)19-7-3-5-9-25(19)32-27-33-26-10-6-4-8-20(26)22-16-18(29)12-14-24(22)31-2/h3-16,27H,1-2H3. The topological polar surface area (TPSA) is 36.9 Å². The first kappa shape index (κ1) is 23.3. The van der Waals surface area contributed by atoms with Crippen LogP contribution in [-0.2, 0) is 0 Å². The largest absolute Gasteiger partial charge is 0.576 e. The SMILES string of the molecule is COc1ccc(Br)cc1-c1ccccc1OBOc1ccccc1-c1cc(Br)ccc1OC. The van der Waals surface area contributed by atoms with E-state index in [2.05, 4.69) is 31.9 Å². The average molecular weight is 568 g/mol. The molecule has 4 rings (SSSR count). The maximum Gasteiger partial charge on any atom is 0.576 e. The van der Waals surface area contributed by atoms with Crippen molar-refractivity contribution in [2.75, 3.05) is 14.2 Å². The number of methoxy groups -OCH3 is 2. The molecule has 166 valence electrons. The summed E-state index contributed by atoms with van der Waals surface area (Å²) < 4.78 is 25.2. The van der Waals surface area contributed by atoms with Crippen molar-refractivity contribution in [3.05, 3.63) is 93.9 Å². The highest BCUT2D eigenvalue weighted by molar-refractivity contribution is 9.10. The molecule has 0 unspecified atom stereocenters. The normalized spacial score (nSPS) is 10.4. The van der Waals surface area contributed by atoms with Crippen LogP contribution in [-0.4, -0.2) is 21.9 Å². The fraction of sp³-hybridized carbons (Fsp3) is 0.0769. The summed E-state index contributed by atoms with van der Waals surface area (Å²) in [5.74, 6) is 2.93. The molecule has 0 heterocycles. The van der Waals surface area contributed by atoms with Crippen LogP contribution in [0.2, 0.25) is 0 Å². The average Bonchev–Trinajstić information content (AvgIpc) is 2.84. The van der Waals surface area contributed by atoms with E-state index in [0.717, 1.165) is 42.7 Å². The number of halogens is 2. The van der Waals surface area contributed by atoms with Crippen LogP contribution >= 0.6 is 31.9 Å². The summed E-state index contributed by atoms with van der Waals surface area (Å²) in [6.07, 6.45) is 0. The van der Waals surface area contributed by atoms with Gasteiger partial charge in [0.25, 0.3) is 0 Å². The Hall–Kier alpha value is -2.90. The molecule has 0 fully saturated rings. The Bertz CT molecular complexity index is 1170. The van der Waals surface area contributed by atoms with Gasteiger partial charge in [-0.05, 0) is 48.5 Å². The summed E-state index contributed by atoms with van der Waals surface area (Å²) >= 11 is 7.09. The summed E-state index contributed by atoms with van der Waals surface area (Å²) in [5, 5.41) is 0. The van der Waals surface area contributed by atoms with Crippen LogP contribution in [0.3, 0.4) is 0 Å². The zero-order valence-electron chi connectivity index (χ0n) is 18.2. The molecule has 4 aromatic carbocycles. The predicted octanol–water partition coefficient (Wildman–Crippen LogP) is 7.29. The Labute approximate surface area is 211 Å². The lowest BCUT2D eigenvalue weighted by atomic mass is 10.0. The number of ether oxygens (including phenoxy) is 2. The molecule has 0 atom stereocenters. The zero-order valence-corrected chi connectivity index (χ0v) is 21.4. The molecular weight excluding hydrogens is 547 g/mol. The highest BCUT2D eigenvalue weighted by Crippen LogP contribution is 2.39. The summed E-state index contributed by atoms with van der Waals surface area (Å²) in [4.78, 5) is 0. The molecule has 0 spiro atoms. The van der Waals surface area contributed by atoms with Crippen LogP contribution in [0.4, 0.5) is 0 Å². The molecule has 0 aliphatic carbocycles. The minimum Gasteiger partial charge on any atom is -0.528 e. The van der Waals surface area contributed by atoms with Crippen molar-refractivity contribution < 1.29 is 18.8 Å². The van der Waals surface area contributed by atoms with Crippen molar-refractivity contribution in [1.29, 1.82) is 0 Å². The molecule has 33 heavy (non-hydrogen) atoms. The molecule has 7 heteroatoms. The molecular formula is C26H21BBr2O4. The third-order valence-electron chi connectivity index (χ3n) is 5.11. The number of rotatable bonds is 8. The fourth-order valence-corrected chi connectivity index (χ4v) is 4.29. The molecule has 0 radical (unpaired) electrons. The number of hydrogen-bond donors (Lipinski definition) is 0. The van der Waals surface area contributed by atoms with Crippen molar-refractivity contribution in [2.24, 2.45) is 0 Å². The smallest absolute Gasteiger partial charge is 0.528 e. The van der Waals surface area contributed by atoms with Crippen LogP contribution in [0.1, 0.15) is 0 Å². The first-order chi connectivity index (χ1) is 16.1. The van der Waals surface area contributed by atoms with E-state index in [4.69, 9.17) is 18.8 Å². The van der Waals surface area contributed by atoms with Gasteiger partial charge in [0.2, 0.25) is 0 Å². The highest BCUT2D eigenvalue weighted by atomic mass is 79.9. The van der Waals surface area contributed by atoms with Gasteiger partial charge in [0, 0.05) is 31.2 Å². The quantitative estimate of drug-likeness (QED) is 0.210. The Morgan fingerprint density at radius 3 is 1.36 bits per heavy atom. The number of para-hydroxylation sites is 2. The molecule has 0 N–H and O–H groups in total. The maximum absolute atomic E-state index is 6.07. The van der Waals surface area contributed by atoms with Gasteiger partial charge in [-0.1, -0.05) is 68.3 Å². The molecule has 0 bridgehead atoms. The molecule has 0 aromatic heterocycles. The van der Waals surface area contributed by atoms with Crippen molar-refractivity contribution in [1.82, 2.24) is 0 Å². The van der Waals surface area contributed by atoms with Crippen molar-refractivity contribution in [2.45, 2.75) is 0 Å². The van der Waals surface area contributed by atoms with Crippen LogP contribution in [0.5, 0.6) is 23.0 Å². The van der Waals surface area contributed by atoms with Gasteiger partial charge in [-0.25, -0.2) is 0 Å². The number of hydrogen-bond acceptors (Lipinski definition) is 4. The zero-order chi connectivity index (χ0) is 23.2. The Kier molecular flexibility index (Phi) is 7.63. The fourth-order valence-electron chi connectivity index (χ4n) is 3.57. The second-order valence-electron chi connectivity index (χ2n) is 7.09. The van der Waals surface area contributed by atoms with E-state index in [1.165, 1.54) is 0 Å². The Morgan fingerprint density at radius 2 is 0.939 bits per heavy atom. The minimum absolute atomic E-state index is 0.0423. The van der Waals surface area contributed by atoms with Gasteiger partial charge in [0.05, 0.1) is 14.2 Å². The van der Waals surface area contributed by atoms with Crippen molar-refractivity contribution in [3.8, 4) is 45.3 Å². The first-order valence-electron chi connectivity index (χ1n) is 10.2. The van der Waals surface area contributed by atoms with E-state index in [9.17, 15) is 0 Å². The molecule has 4 nitrogen and oxygen atoms in total. The molecule has 0 aliphatic heterocycles. The lowest BCUT2D eigenvalue weighted by Crippen LogP contribution is -2.12. The van der Waals surface area contributed by atoms with E-state index in [0.29, 0.717) is 11.5 Å². The molecule has 0 aliphatic rings. The first-order valence-corrected chi connectivity index (χ1v) is 11.8. The van der Waals surface area contributed by atoms with E-state index in [1.54, 1.807) is 14.2 Å². The van der Waals surface area contributed by atoms with Gasteiger partial charge in [-0.2, -0.15) is 0 Å². The maximum atomic E-state index is 6.07. The lowest BCUT2D eigenvalue weighted by Gasteiger charge is -2.16. The van der Waals surface area contributed by atoms with Crippen LogP contribution in [0, 0.1) is 0 Å². The van der Waals surface area contributed by atoms with Gasteiger partial charge in [0.15, 0.2) is 0 Å². The lowest BCUT2D eigenvalue weighted by molar-refractivity contribution is 0.415. The summed E-state index contributed by atoms with van der Waals surface area (Å²) in [5.41, 5.74) is 3.70. The highest BCUT2D eigenvalue weighted by Gasteiger charge is 2.15. The number of benzene rings is 4. The third-order valence-corrected chi connectivity index (χ3v) is 6.09. The predicted molar refractivity (Wildman–Crippen MR) is 141 cm³/mol. The van der Waals surface area contributed by atoms with E-state index in [1.807, 2.05) is 84.9 Å². The summed E-state index contributed by atoms with van der Waals surface area (Å²) in [6, 6.07) is 27.4. The van der Waals surface area contributed by atoms with E-state index >= 15 is 0 Å².